The quantitative estimate of drug-likeness (QED) is 0.455. The number of nitroso groups, excluding NO2 is 1. The van der Waals surface area contributed by atoms with E-state index in [1.807, 2.05) is 13.0 Å². The van der Waals surface area contributed by atoms with Crippen LogP contribution in [0.2, 0.25) is 0 Å². The summed E-state index contributed by atoms with van der Waals surface area (Å²) < 4.78 is 0. The molecular weight excluding hydrogens is 174 g/mol. The summed E-state index contributed by atoms with van der Waals surface area (Å²) in [5.74, 6) is 0.277. The fourth-order valence-corrected chi connectivity index (χ4v) is 1.50. The van der Waals surface area contributed by atoms with Crippen LogP contribution in [0.1, 0.15) is 47.0 Å². The number of allylic oxidation sites excluding steroid dienone is 4. The van der Waals surface area contributed by atoms with Crippen molar-refractivity contribution in [1.29, 1.82) is 0 Å². The van der Waals surface area contributed by atoms with Gasteiger partial charge in [-0.05, 0) is 30.5 Å². The fourth-order valence-electron chi connectivity index (χ4n) is 1.50. The predicted octanol–water partition coefficient (Wildman–Crippen LogP) is 4.43. The van der Waals surface area contributed by atoms with Crippen molar-refractivity contribution >= 4 is 0 Å². The summed E-state index contributed by atoms with van der Waals surface area (Å²) in [6.45, 7) is 8.21. The van der Waals surface area contributed by atoms with E-state index in [1.54, 1.807) is 0 Å². The second-order valence-electron chi connectivity index (χ2n) is 3.66. The molecule has 0 radical (unpaired) electrons. The first kappa shape index (κ1) is 13.1. The van der Waals surface area contributed by atoms with Gasteiger partial charge in [0, 0.05) is 5.92 Å². The van der Waals surface area contributed by atoms with E-state index in [2.05, 4.69) is 32.0 Å². The average Bonchev–Trinajstić information content (AvgIpc) is 2.16. The number of nitrogens with zero attached hydrogens (tertiary/aromatic N) is 1. The third-order valence-corrected chi connectivity index (χ3v) is 2.29. The van der Waals surface area contributed by atoms with E-state index in [-0.39, 0.29) is 5.92 Å². The lowest BCUT2D eigenvalue weighted by Crippen LogP contribution is -1.98. The highest BCUT2D eigenvalue weighted by molar-refractivity contribution is 5.24. The Bertz CT molecular complexity index is 228. The minimum Gasteiger partial charge on any atom is -0.145 e. The lowest BCUT2D eigenvalue weighted by molar-refractivity contribution is 0.591. The van der Waals surface area contributed by atoms with Crippen LogP contribution in [0.15, 0.2) is 28.6 Å². The second-order valence-corrected chi connectivity index (χ2v) is 3.66. The third kappa shape index (κ3) is 4.35. The molecule has 0 aliphatic heterocycles. The van der Waals surface area contributed by atoms with E-state index in [0.29, 0.717) is 5.70 Å². The normalized spacial score (nSPS) is 15.4. The van der Waals surface area contributed by atoms with Gasteiger partial charge in [-0.3, -0.25) is 0 Å². The van der Waals surface area contributed by atoms with E-state index < -0.39 is 0 Å². The van der Waals surface area contributed by atoms with Crippen LogP contribution in [0, 0.1) is 10.8 Å². The van der Waals surface area contributed by atoms with Crippen molar-refractivity contribution in [2.24, 2.45) is 11.1 Å². The number of hydrogen-bond acceptors (Lipinski definition) is 2. The largest absolute Gasteiger partial charge is 0.145 e. The zero-order valence-electron chi connectivity index (χ0n) is 9.71. The molecule has 0 aromatic carbocycles. The molecule has 0 spiro atoms. The maximum Gasteiger partial charge on any atom is 0.0905 e. The fraction of sp³-hybridized carbons (Fsp3) is 0.667. The van der Waals surface area contributed by atoms with Gasteiger partial charge in [0.05, 0.1) is 5.70 Å². The molecule has 0 aliphatic rings. The molecule has 0 saturated heterocycles. The van der Waals surface area contributed by atoms with E-state index in [1.165, 1.54) is 0 Å². The lowest BCUT2D eigenvalue weighted by Gasteiger charge is -2.09. The van der Waals surface area contributed by atoms with Crippen molar-refractivity contribution in [3.8, 4) is 0 Å². The predicted molar refractivity (Wildman–Crippen MR) is 62.0 cm³/mol. The molecule has 0 fully saturated rings. The van der Waals surface area contributed by atoms with Crippen LogP contribution >= 0.6 is 0 Å². The highest BCUT2D eigenvalue weighted by Gasteiger charge is 2.10. The Kier molecular flexibility index (Phi) is 6.99. The zero-order valence-corrected chi connectivity index (χ0v) is 9.71. The molecule has 0 amide bonds. The summed E-state index contributed by atoms with van der Waals surface area (Å²) >= 11 is 0. The monoisotopic (exact) mass is 195 g/mol. The summed E-state index contributed by atoms with van der Waals surface area (Å²) in [4.78, 5) is 10.7. The van der Waals surface area contributed by atoms with Gasteiger partial charge < -0.3 is 0 Å². The standard InChI is InChI=1S/C12H21NO/c1-5-7-9-11(4)12(13-14)10(3)8-6-2/h7,9-10H,5-6,8H2,1-4H3/b9-7-,12-11+. The first-order valence-electron chi connectivity index (χ1n) is 5.37. The van der Waals surface area contributed by atoms with Gasteiger partial charge in [0.1, 0.15) is 0 Å². The minimum atomic E-state index is 0.277. The van der Waals surface area contributed by atoms with Crippen LogP contribution in [-0.4, -0.2) is 0 Å². The molecule has 0 saturated carbocycles. The Morgan fingerprint density at radius 2 is 2.07 bits per heavy atom. The van der Waals surface area contributed by atoms with Gasteiger partial charge in [0.25, 0.3) is 0 Å². The van der Waals surface area contributed by atoms with Gasteiger partial charge in [0.2, 0.25) is 0 Å². The van der Waals surface area contributed by atoms with E-state index in [0.717, 1.165) is 24.8 Å². The van der Waals surface area contributed by atoms with Crippen LogP contribution in [0.25, 0.3) is 0 Å². The van der Waals surface area contributed by atoms with Crippen LogP contribution in [0.3, 0.4) is 0 Å². The Balaban J connectivity index is 4.64. The highest BCUT2D eigenvalue weighted by atomic mass is 16.3. The zero-order chi connectivity index (χ0) is 11.0. The number of hydrogen-bond donors (Lipinski definition) is 0. The van der Waals surface area contributed by atoms with Gasteiger partial charge in [-0.25, -0.2) is 0 Å². The molecule has 2 heteroatoms. The second kappa shape index (κ2) is 7.48. The van der Waals surface area contributed by atoms with Gasteiger partial charge in [-0.2, -0.15) is 0 Å². The molecular formula is C12H21NO. The minimum absolute atomic E-state index is 0.277. The summed E-state index contributed by atoms with van der Waals surface area (Å²) in [6.07, 6.45) is 7.15. The van der Waals surface area contributed by atoms with Crippen LogP contribution in [0.5, 0.6) is 0 Å². The van der Waals surface area contributed by atoms with Gasteiger partial charge in [-0.15, -0.1) is 4.91 Å². The van der Waals surface area contributed by atoms with E-state index in [9.17, 15) is 4.91 Å². The maximum absolute atomic E-state index is 10.7. The summed E-state index contributed by atoms with van der Waals surface area (Å²) in [7, 11) is 0. The van der Waals surface area contributed by atoms with Crippen LogP contribution < -0.4 is 0 Å². The number of rotatable bonds is 6. The molecule has 0 aromatic heterocycles. The Labute approximate surface area is 87.1 Å². The Hall–Kier alpha value is -0.920. The molecule has 0 N–H and O–H groups in total. The van der Waals surface area contributed by atoms with Crippen molar-refractivity contribution < 1.29 is 0 Å². The van der Waals surface area contributed by atoms with E-state index in [4.69, 9.17) is 0 Å². The molecule has 0 aliphatic carbocycles. The average molecular weight is 195 g/mol. The smallest absolute Gasteiger partial charge is 0.0905 e. The third-order valence-electron chi connectivity index (χ3n) is 2.29. The summed E-state index contributed by atoms with van der Waals surface area (Å²) in [6, 6.07) is 0. The molecule has 0 heterocycles. The molecule has 2 nitrogen and oxygen atoms in total. The van der Waals surface area contributed by atoms with Crippen molar-refractivity contribution in [3.63, 3.8) is 0 Å². The lowest BCUT2D eigenvalue weighted by atomic mass is 9.98. The molecule has 0 bridgehead atoms. The molecule has 14 heavy (non-hydrogen) atoms. The van der Waals surface area contributed by atoms with Gasteiger partial charge >= 0.3 is 0 Å². The summed E-state index contributed by atoms with van der Waals surface area (Å²) in [5, 5.41) is 3.14. The van der Waals surface area contributed by atoms with Crippen molar-refractivity contribution in [2.75, 3.05) is 0 Å². The van der Waals surface area contributed by atoms with Crippen LogP contribution in [-0.2, 0) is 0 Å². The first-order valence-corrected chi connectivity index (χ1v) is 5.37. The molecule has 80 valence electrons. The SMILES string of the molecule is CC/C=C\C(C)=C(\N=O)C(C)CCC. The summed E-state index contributed by atoms with van der Waals surface area (Å²) in [5.41, 5.74) is 1.71. The molecule has 1 unspecified atom stereocenters. The van der Waals surface area contributed by atoms with Gasteiger partial charge in [-0.1, -0.05) is 39.3 Å². The maximum atomic E-state index is 10.7. The highest BCUT2D eigenvalue weighted by Crippen LogP contribution is 2.21. The van der Waals surface area contributed by atoms with Crippen molar-refractivity contribution in [2.45, 2.75) is 47.0 Å². The Morgan fingerprint density at radius 3 is 2.50 bits per heavy atom. The first-order chi connectivity index (χ1) is 6.67. The topological polar surface area (TPSA) is 29.4 Å². The molecule has 0 rings (SSSR count). The molecule has 1 atom stereocenters. The van der Waals surface area contributed by atoms with Crippen molar-refractivity contribution in [3.05, 3.63) is 28.3 Å². The van der Waals surface area contributed by atoms with E-state index >= 15 is 0 Å². The van der Waals surface area contributed by atoms with Crippen LogP contribution in [0.4, 0.5) is 0 Å². The Morgan fingerprint density at radius 1 is 1.43 bits per heavy atom. The van der Waals surface area contributed by atoms with Crippen molar-refractivity contribution in [1.82, 2.24) is 0 Å². The van der Waals surface area contributed by atoms with Gasteiger partial charge in [0.15, 0.2) is 0 Å². The molecule has 0 aromatic rings.